The third-order valence-corrected chi connectivity index (χ3v) is 3.15. The van der Waals surface area contributed by atoms with Crippen LogP contribution in [0.3, 0.4) is 0 Å². The molecule has 0 bridgehead atoms. The maximum absolute atomic E-state index is 6.13. The molecule has 0 saturated carbocycles. The number of ether oxygens (including phenoxy) is 1. The summed E-state index contributed by atoms with van der Waals surface area (Å²) in [5.41, 5.74) is 7.18. The third kappa shape index (κ3) is 3.31. The minimum absolute atomic E-state index is 0.271. The Balaban J connectivity index is 2.29. The van der Waals surface area contributed by atoms with E-state index in [9.17, 15) is 0 Å². The summed E-state index contributed by atoms with van der Waals surface area (Å²) in [6, 6.07) is 9.16. The molecule has 0 radical (unpaired) electrons. The SMILES string of the molecule is CCCOc1ccc(-c2nc(N)c(Cl)cc2Cl)cc1. The van der Waals surface area contributed by atoms with Crippen molar-refractivity contribution in [3.63, 3.8) is 0 Å². The van der Waals surface area contributed by atoms with Gasteiger partial charge in [0.2, 0.25) is 0 Å². The smallest absolute Gasteiger partial charge is 0.143 e. The molecule has 0 fully saturated rings. The minimum Gasteiger partial charge on any atom is -0.494 e. The lowest BCUT2D eigenvalue weighted by Crippen LogP contribution is -1.96. The molecule has 0 aliphatic heterocycles. The Morgan fingerprint density at radius 3 is 2.47 bits per heavy atom. The van der Waals surface area contributed by atoms with Gasteiger partial charge in [0.05, 0.1) is 22.3 Å². The number of rotatable bonds is 4. The molecule has 100 valence electrons. The number of nitrogen functional groups attached to an aromatic ring is 1. The fraction of sp³-hybridized carbons (Fsp3) is 0.214. The van der Waals surface area contributed by atoms with E-state index in [1.54, 1.807) is 6.07 Å². The van der Waals surface area contributed by atoms with E-state index in [0.29, 0.717) is 22.3 Å². The largest absolute Gasteiger partial charge is 0.494 e. The molecule has 1 heterocycles. The maximum Gasteiger partial charge on any atom is 0.143 e. The first-order valence-corrected chi connectivity index (χ1v) is 6.72. The standard InChI is InChI=1S/C14H14Cl2N2O/c1-2-7-19-10-5-3-9(4-6-10)13-11(15)8-12(16)14(17)18-13/h3-6,8H,2,7H2,1H3,(H2,17,18). The normalized spacial score (nSPS) is 10.5. The van der Waals surface area contributed by atoms with E-state index in [4.69, 9.17) is 33.7 Å². The van der Waals surface area contributed by atoms with Gasteiger partial charge in [-0.3, -0.25) is 0 Å². The zero-order chi connectivity index (χ0) is 13.8. The monoisotopic (exact) mass is 296 g/mol. The van der Waals surface area contributed by atoms with Gasteiger partial charge in [-0.05, 0) is 36.8 Å². The molecule has 19 heavy (non-hydrogen) atoms. The van der Waals surface area contributed by atoms with Gasteiger partial charge in [0.1, 0.15) is 11.6 Å². The molecule has 3 nitrogen and oxygen atoms in total. The van der Waals surface area contributed by atoms with Crippen LogP contribution in [0.4, 0.5) is 5.82 Å². The number of hydrogen-bond donors (Lipinski definition) is 1. The van der Waals surface area contributed by atoms with Crippen LogP contribution in [0.25, 0.3) is 11.3 Å². The van der Waals surface area contributed by atoms with Crippen molar-refractivity contribution in [3.05, 3.63) is 40.4 Å². The molecule has 0 atom stereocenters. The zero-order valence-corrected chi connectivity index (χ0v) is 12.0. The lowest BCUT2D eigenvalue weighted by Gasteiger charge is -2.08. The van der Waals surface area contributed by atoms with Crippen molar-refractivity contribution in [2.45, 2.75) is 13.3 Å². The van der Waals surface area contributed by atoms with Crippen LogP contribution in [0, 0.1) is 0 Å². The van der Waals surface area contributed by atoms with E-state index >= 15 is 0 Å². The summed E-state index contributed by atoms with van der Waals surface area (Å²) in [6.45, 7) is 2.76. The molecule has 1 aromatic carbocycles. The number of anilines is 1. The van der Waals surface area contributed by atoms with Crippen molar-refractivity contribution in [2.75, 3.05) is 12.3 Å². The Bertz CT molecular complexity index is 570. The molecule has 2 aromatic rings. The number of aromatic nitrogens is 1. The van der Waals surface area contributed by atoms with Crippen molar-refractivity contribution >= 4 is 29.0 Å². The summed E-state index contributed by atoms with van der Waals surface area (Å²) < 4.78 is 5.52. The second kappa shape index (κ2) is 6.13. The Hall–Kier alpha value is -1.45. The highest BCUT2D eigenvalue weighted by atomic mass is 35.5. The number of nitrogens with two attached hydrogens (primary N) is 1. The van der Waals surface area contributed by atoms with Crippen LogP contribution >= 0.6 is 23.2 Å². The predicted molar refractivity (Wildman–Crippen MR) is 79.9 cm³/mol. The summed E-state index contributed by atoms with van der Waals surface area (Å²) in [6.07, 6.45) is 0.975. The van der Waals surface area contributed by atoms with E-state index in [-0.39, 0.29) is 5.82 Å². The van der Waals surface area contributed by atoms with Crippen LogP contribution in [-0.4, -0.2) is 11.6 Å². The molecule has 1 aromatic heterocycles. The highest BCUT2D eigenvalue weighted by Crippen LogP contribution is 2.31. The second-order valence-electron chi connectivity index (χ2n) is 4.06. The molecular formula is C14H14Cl2N2O. The maximum atomic E-state index is 6.13. The molecule has 2 N–H and O–H groups in total. The lowest BCUT2D eigenvalue weighted by atomic mass is 10.1. The average Bonchev–Trinajstić information content (AvgIpc) is 2.41. The quantitative estimate of drug-likeness (QED) is 0.908. The van der Waals surface area contributed by atoms with Gasteiger partial charge in [-0.15, -0.1) is 0 Å². The van der Waals surface area contributed by atoms with Gasteiger partial charge in [-0.25, -0.2) is 4.98 Å². The van der Waals surface area contributed by atoms with Crippen molar-refractivity contribution in [2.24, 2.45) is 0 Å². The molecule has 0 spiro atoms. The van der Waals surface area contributed by atoms with Crippen LogP contribution in [0.2, 0.25) is 10.0 Å². The minimum atomic E-state index is 0.271. The highest BCUT2D eigenvalue weighted by molar-refractivity contribution is 6.37. The predicted octanol–water partition coefficient (Wildman–Crippen LogP) is 4.43. The first-order valence-electron chi connectivity index (χ1n) is 5.96. The Morgan fingerprint density at radius 2 is 1.84 bits per heavy atom. The fourth-order valence-electron chi connectivity index (χ4n) is 1.61. The van der Waals surface area contributed by atoms with Gasteiger partial charge in [-0.1, -0.05) is 30.1 Å². The van der Waals surface area contributed by atoms with E-state index in [1.165, 1.54) is 0 Å². The van der Waals surface area contributed by atoms with Crippen LogP contribution in [0.15, 0.2) is 30.3 Å². The summed E-state index contributed by atoms with van der Waals surface area (Å²) in [4.78, 5) is 4.21. The number of hydrogen-bond acceptors (Lipinski definition) is 3. The summed E-state index contributed by atoms with van der Waals surface area (Å²) in [5, 5.41) is 0.832. The number of nitrogens with zero attached hydrogens (tertiary/aromatic N) is 1. The van der Waals surface area contributed by atoms with Gasteiger partial charge >= 0.3 is 0 Å². The molecule has 0 unspecified atom stereocenters. The summed E-state index contributed by atoms with van der Waals surface area (Å²) in [5.74, 6) is 1.09. The molecule has 2 rings (SSSR count). The van der Waals surface area contributed by atoms with Crippen molar-refractivity contribution in [3.8, 4) is 17.0 Å². The van der Waals surface area contributed by atoms with Crippen LogP contribution in [0.5, 0.6) is 5.75 Å². The molecule has 0 aliphatic rings. The van der Waals surface area contributed by atoms with Gasteiger partial charge in [0, 0.05) is 5.56 Å². The van der Waals surface area contributed by atoms with E-state index in [2.05, 4.69) is 11.9 Å². The Labute approximate surface area is 122 Å². The van der Waals surface area contributed by atoms with Gasteiger partial charge in [0.15, 0.2) is 0 Å². The van der Waals surface area contributed by atoms with Crippen molar-refractivity contribution in [1.29, 1.82) is 0 Å². The summed E-state index contributed by atoms with van der Waals surface area (Å²) >= 11 is 12.0. The molecular weight excluding hydrogens is 283 g/mol. The topological polar surface area (TPSA) is 48.1 Å². The first kappa shape index (κ1) is 14.0. The molecule has 0 saturated heterocycles. The van der Waals surface area contributed by atoms with E-state index in [0.717, 1.165) is 17.7 Å². The first-order chi connectivity index (χ1) is 9.11. The van der Waals surface area contributed by atoms with Crippen LogP contribution in [-0.2, 0) is 0 Å². The van der Waals surface area contributed by atoms with Gasteiger partial charge < -0.3 is 10.5 Å². The summed E-state index contributed by atoms with van der Waals surface area (Å²) in [7, 11) is 0. The number of pyridine rings is 1. The fourth-order valence-corrected chi connectivity index (χ4v) is 2.08. The molecule has 0 amide bonds. The Kier molecular flexibility index (Phi) is 4.51. The zero-order valence-electron chi connectivity index (χ0n) is 10.5. The third-order valence-electron chi connectivity index (χ3n) is 2.56. The van der Waals surface area contributed by atoms with E-state index in [1.807, 2.05) is 24.3 Å². The van der Waals surface area contributed by atoms with Gasteiger partial charge in [0.25, 0.3) is 0 Å². The average molecular weight is 297 g/mol. The Morgan fingerprint density at radius 1 is 1.16 bits per heavy atom. The number of halogens is 2. The number of benzene rings is 1. The highest BCUT2D eigenvalue weighted by Gasteiger charge is 2.09. The molecule has 0 aliphatic carbocycles. The van der Waals surface area contributed by atoms with Crippen LogP contribution < -0.4 is 10.5 Å². The van der Waals surface area contributed by atoms with Crippen molar-refractivity contribution < 1.29 is 4.74 Å². The van der Waals surface area contributed by atoms with Crippen molar-refractivity contribution in [1.82, 2.24) is 4.98 Å². The molecule has 5 heteroatoms. The lowest BCUT2D eigenvalue weighted by molar-refractivity contribution is 0.317. The van der Waals surface area contributed by atoms with Gasteiger partial charge in [-0.2, -0.15) is 0 Å². The van der Waals surface area contributed by atoms with Crippen LogP contribution in [0.1, 0.15) is 13.3 Å². The second-order valence-corrected chi connectivity index (χ2v) is 4.87. The van der Waals surface area contributed by atoms with E-state index < -0.39 is 0 Å².